The molecule has 0 aliphatic heterocycles. The lowest BCUT2D eigenvalue weighted by Crippen LogP contribution is -2.18. The summed E-state index contributed by atoms with van der Waals surface area (Å²) in [6.07, 6.45) is 1.33. The van der Waals surface area contributed by atoms with Crippen molar-refractivity contribution in [3.8, 4) is 11.5 Å². The molecule has 2 aromatic rings. The van der Waals surface area contributed by atoms with Crippen LogP contribution in [0.1, 0.15) is 24.2 Å². The highest BCUT2D eigenvalue weighted by atomic mass is 16.5. The Kier molecular flexibility index (Phi) is 4.47. The molecule has 1 N–H and O–H groups in total. The van der Waals surface area contributed by atoms with Crippen LogP contribution in [0, 0.1) is 0 Å². The number of H-pyrrole nitrogens is 1. The number of nitrogens with one attached hydrogen (secondary N) is 1. The first-order chi connectivity index (χ1) is 10.1. The van der Waals surface area contributed by atoms with Crippen LogP contribution in [0.2, 0.25) is 0 Å². The number of hydrogen-bond donors (Lipinski definition) is 1. The van der Waals surface area contributed by atoms with E-state index >= 15 is 0 Å². The molecule has 0 spiro atoms. The molecule has 0 unspecified atom stereocenters. The zero-order valence-electron chi connectivity index (χ0n) is 12.2. The number of aromatic amines is 1. The third-order valence-electron chi connectivity index (χ3n) is 2.97. The number of rotatable bonds is 5. The van der Waals surface area contributed by atoms with E-state index in [0.29, 0.717) is 30.2 Å². The van der Waals surface area contributed by atoms with Gasteiger partial charge in [0.05, 0.1) is 31.2 Å². The fraction of sp³-hybridized carbons (Fsp3) is 0.333. The summed E-state index contributed by atoms with van der Waals surface area (Å²) in [5, 5.41) is 0.283. The maximum Gasteiger partial charge on any atom is 0.343 e. The highest BCUT2D eigenvalue weighted by Crippen LogP contribution is 2.30. The van der Waals surface area contributed by atoms with E-state index in [9.17, 15) is 9.59 Å². The predicted molar refractivity (Wildman–Crippen MR) is 78.2 cm³/mol. The first-order valence-corrected chi connectivity index (χ1v) is 6.66. The second-order valence-corrected chi connectivity index (χ2v) is 4.20. The van der Waals surface area contributed by atoms with Crippen molar-refractivity contribution in [1.82, 2.24) is 4.98 Å². The number of fused-ring (bicyclic) bond motifs is 1. The summed E-state index contributed by atoms with van der Waals surface area (Å²) in [7, 11) is 1.23. The maximum absolute atomic E-state index is 12.5. The molecule has 0 saturated carbocycles. The topological polar surface area (TPSA) is 77.6 Å². The van der Waals surface area contributed by atoms with Gasteiger partial charge in [-0.05, 0) is 26.0 Å². The van der Waals surface area contributed by atoms with E-state index in [1.54, 1.807) is 12.1 Å². The quantitative estimate of drug-likeness (QED) is 0.854. The molecule has 1 aromatic carbocycles. The van der Waals surface area contributed by atoms with Gasteiger partial charge in [-0.3, -0.25) is 4.79 Å². The van der Waals surface area contributed by atoms with Gasteiger partial charge in [-0.25, -0.2) is 4.79 Å². The van der Waals surface area contributed by atoms with Gasteiger partial charge < -0.3 is 19.2 Å². The predicted octanol–water partition coefficient (Wildman–Crippen LogP) is 2.11. The van der Waals surface area contributed by atoms with Gasteiger partial charge >= 0.3 is 5.97 Å². The van der Waals surface area contributed by atoms with E-state index in [2.05, 4.69) is 9.72 Å². The van der Waals surface area contributed by atoms with Crippen molar-refractivity contribution in [2.45, 2.75) is 13.8 Å². The molecule has 2 rings (SSSR count). The highest BCUT2D eigenvalue weighted by Gasteiger charge is 2.18. The van der Waals surface area contributed by atoms with Crippen LogP contribution >= 0.6 is 0 Å². The molecular formula is C15H17NO5. The van der Waals surface area contributed by atoms with Crippen LogP contribution in [0.5, 0.6) is 11.5 Å². The lowest BCUT2D eigenvalue weighted by atomic mass is 10.1. The normalized spacial score (nSPS) is 10.4. The Balaban J connectivity index is 2.78. The molecular weight excluding hydrogens is 274 g/mol. The zero-order valence-corrected chi connectivity index (χ0v) is 12.2. The second-order valence-electron chi connectivity index (χ2n) is 4.20. The molecule has 6 nitrogen and oxygen atoms in total. The summed E-state index contributed by atoms with van der Waals surface area (Å²) in [6, 6.07) is 3.39. The Hall–Kier alpha value is -2.50. The summed E-state index contributed by atoms with van der Waals surface area (Å²) < 4.78 is 15.6. The minimum absolute atomic E-state index is 0.0698. The van der Waals surface area contributed by atoms with Gasteiger partial charge in [-0.1, -0.05) is 0 Å². The highest BCUT2D eigenvalue weighted by molar-refractivity contribution is 5.97. The first kappa shape index (κ1) is 14.9. The van der Waals surface area contributed by atoms with Gasteiger partial charge in [-0.2, -0.15) is 0 Å². The van der Waals surface area contributed by atoms with Crippen LogP contribution in [-0.2, 0) is 4.74 Å². The van der Waals surface area contributed by atoms with Crippen molar-refractivity contribution in [1.29, 1.82) is 0 Å². The summed E-state index contributed by atoms with van der Waals surface area (Å²) in [4.78, 5) is 27.1. The molecule has 0 atom stereocenters. The van der Waals surface area contributed by atoms with E-state index in [0.717, 1.165) is 0 Å². The van der Waals surface area contributed by atoms with Crippen LogP contribution in [0.15, 0.2) is 23.1 Å². The molecule has 6 heteroatoms. The van der Waals surface area contributed by atoms with Crippen molar-refractivity contribution < 1.29 is 19.0 Å². The number of esters is 1. The van der Waals surface area contributed by atoms with E-state index in [-0.39, 0.29) is 10.9 Å². The summed E-state index contributed by atoms with van der Waals surface area (Å²) in [5.74, 6) is 0.245. The molecule has 1 heterocycles. The van der Waals surface area contributed by atoms with Gasteiger partial charge in [0.15, 0.2) is 0 Å². The van der Waals surface area contributed by atoms with E-state index < -0.39 is 11.4 Å². The van der Waals surface area contributed by atoms with Crippen LogP contribution in [0.25, 0.3) is 10.9 Å². The Morgan fingerprint density at radius 3 is 2.38 bits per heavy atom. The maximum atomic E-state index is 12.5. The van der Waals surface area contributed by atoms with Crippen LogP contribution in [0.4, 0.5) is 0 Å². The standard InChI is InChI=1S/C15H17NO5/c1-4-20-10-6-7-11(21-5-2)13-12(10)14(17)9(8-16-13)15(18)19-3/h6-8H,4-5H2,1-3H3,(H,16,17). The number of aromatic nitrogens is 1. The Labute approximate surface area is 121 Å². The Morgan fingerprint density at radius 1 is 1.14 bits per heavy atom. The molecule has 0 radical (unpaired) electrons. The number of carbonyl (C=O) groups is 1. The molecule has 0 amide bonds. The molecule has 1 aromatic heterocycles. The molecule has 21 heavy (non-hydrogen) atoms. The molecule has 0 saturated heterocycles. The molecule has 112 valence electrons. The smallest absolute Gasteiger partial charge is 0.343 e. The SMILES string of the molecule is CCOc1ccc(OCC)c2c(=O)c(C(=O)OC)c[nH]c12. The minimum atomic E-state index is -0.692. The molecule has 0 fully saturated rings. The number of ether oxygens (including phenoxy) is 3. The van der Waals surface area contributed by atoms with Gasteiger partial charge in [0.25, 0.3) is 0 Å². The van der Waals surface area contributed by atoms with Gasteiger partial charge in [-0.15, -0.1) is 0 Å². The lowest BCUT2D eigenvalue weighted by Gasteiger charge is -2.12. The van der Waals surface area contributed by atoms with Crippen LogP contribution < -0.4 is 14.9 Å². The average molecular weight is 291 g/mol. The number of hydrogen-bond acceptors (Lipinski definition) is 5. The van der Waals surface area contributed by atoms with Crippen molar-refractivity contribution in [2.24, 2.45) is 0 Å². The van der Waals surface area contributed by atoms with Crippen LogP contribution in [-0.4, -0.2) is 31.3 Å². The summed E-state index contributed by atoms with van der Waals surface area (Å²) in [5.41, 5.74) is -0.0133. The van der Waals surface area contributed by atoms with Gasteiger partial charge in [0.2, 0.25) is 5.43 Å². The molecule has 0 aliphatic carbocycles. The number of benzene rings is 1. The lowest BCUT2D eigenvalue weighted by molar-refractivity contribution is 0.0599. The third kappa shape index (κ3) is 2.69. The average Bonchev–Trinajstić information content (AvgIpc) is 2.49. The minimum Gasteiger partial charge on any atom is -0.493 e. The Bertz CT molecular complexity index is 720. The number of pyridine rings is 1. The number of carbonyl (C=O) groups excluding carboxylic acids is 1. The van der Waals surface area contributed by atoms with Crippen molar-refractivity contribution in [2.75, 3.05) is 20.3 Å². The van der Waals surface area contributed by atoms with Crippen molar-refractivity contribution in [3.05, 3.63) is 34.1 Å². The van der Waals surface area contributed by atoms with Crippen LogP contribution in [0.3, 0.4) is 0 Å². The van der Waals surface area contributed by atoms with E-state index in [1.165, 1.54) is 13.3 Å². The number of methoxy groups -OCH3 is 1. The third-order valence-corrected chi connectivity index (χ3v) is 2.97. The summed E-state index contributed by atoms with van der Waals surface area (Å²) >= 11 is 0. The fourth-order valence-electron chi connectivity index (χ4n) is 2.09. The fourth-order valence-corrected chi connectivity index (χ4v) is 2.09. The summed E-state index contributed by atoms with van der Waals surface area (Å²) in [6.45, 7) is 4.54. The first-order valence-electron chi connectivity index (χ1n) is 6.66. The zero-order chi connectivity index (χ0) is 15.4. The molecule has 0 bridgehead atoms. The van der Waals surface area contributed by atoms with Crippen molar-refractivity contribution in [3.63, 3.8) is 0 Å². The molecule has 0 aliphatic rings. The van der Waals surface area contributed by atoms with E-state index in [1.807, 2.05) is 13.8 Å². The van der Waals surface area contributed by atoms with Gasteiger partial charge in [0.1, 0.15) is 17.1 Å². The van der Waals surface area contributed by atoms with E-state index in [4.69, 9.17) is 9.47 Å². The monoisotopic (exact) mass is 291 g/mol. The largest absolute Gasteiger partial charge is 0.493 e. The van der Waals surface area contributed by atoms with Gasteiger partial charge in [0, 0.05) is 6.20 Å². The van der Waals surface area contributed by atoms with Crippen molar-refractivity contribution >= 4 is 16.9 Å². The second kappa shape index (κ2) is 6.30. The Morgan fingerprint density at radius 2 is 1.76 bits per heavy atom.